The molecule has 3 heterocycles. The third kappa shape index (κ3) is 3.14. The van der Waals surface area contributed by atoms with Crippen LogP contribution in [0.2, 0.25) is 0 Å². The van der Waals surface area contributed by atoms with Crippen molar-refractivity contribution in [3.05, 3.63) is 56.4 Å². The van der Waals surface area contributed by atoms with Gasteiger partial charge in [0.05, 0.1) is 5.39 Å². The topological polar surface area (TPSA) is 44.1 Å². The molecule has 0 N–H and O–H groups in total. The number of hydrogen-bond acceptors (Lipinski definition) is 4. The average molecular weight is 392 g/mol. The highest BCUT2D eigenvalue weighted by atomic mass is 32.1. The Morgan fingerprint density at radius 3 is 2.74 bits per heavy atom. The van der Waals surface area contributed by atoms with Crippen LogP contribution in [0.1, 0.15) is 28.2 Å². The van der Waals surface area contributed by atoms with Crippen LogP contribution < -0.4 is 10.3 Å². The van der Waals surface area contributed by atoms with E-state index < -0.39 is 6.36 Å². The number of aromatic nitrogens is 2. The largest absolute Gasteiger partial charge is 0.573 e. The Labute approximate surface area is 156 Å². The summed E-state index contributed by atoms with van der Waals surface area (Å²) < 4.78 is 43.6. The van der Waals surface area contributed by atoms with Gasteiger partial charge in [-0.1, -0.05) is 18.2 Å². The van der Waals surface area contributed by atoms with Crippen LogP contribution in [0.3, 0.4) is 0 Å². The van der Waals surface area contributed by atoms with Gasteiger partial charge in [0, 0.05) is 17.0 Å². The van der Waals surface area contributed by atoms with E-state index in [0.29, 0.717) is 34.6 Å². The van der Waals surface area contributed by atoms with Gasteiger partial charge in [0.1, 0.15) is 16.4 Å². The first kappa shape index (κ1) is 17.8. The molecule has 0 saturated heterocycles. The smallest absolute Gasteiger partial charge is 0.405 e. The molecule has 0 atom stereocenters. The molecule has 0 radical (unpaired) electrons. The number of benzene rings is 1. The fourth-order valence-corrected chi connectivity index (χ4v) is 4.29. The van der Waals surface area contributed by atoms with Gasteiger partial charge in [0.15, 0.2) is 0 Å². The molecule has 0 bridgehead atoms. The van der Waals surface area contributed by atoms with Crippen molar-refractivity contribution in [3.63, 3.8) is 0 Å². The summed E-state index contributed by atoms with van der Waals surface area (Å²) in [6.45, 7) is 4.30. The average Bonchev–Trinajstić information content (AvgIpc) is 3.10. The number of para-hydroxylation sites is 1. The summed E-state index contributed by atoms with van der Waals surface area (Å²) in [5.41, 5.74) is 1.85. The molecule has 140 valence electrons. The first-order valence-electron chi connectivity index (χ1n) is 8.31. The van der Waals surface area contributed by atoms with Crippen molar-refractivity contribution in [1.29, 1.82) is 0 Å². The minimum absolute atomic E-state index is 0.0972. The van der Waals surface area contributed by atoms with E-state index in [4.69, 9.17) is 0 Å². The van der Waals surface area contributed by atoms with E-state index in [1.807, 2.05) is 13.8 Å². The number of nitrogens with zero attached hydrogens (tertiary/aromatic N) is 2. The SMILES string of the molecule is Cc1sc2nc3n(c(=O)c2c1C)CC/C3=C/c1ccccc1OC(F)(F)F. The zero-order chi connectivity index (χ0) is 19.3. The Morgan fingerprint density at radius 1 is 1.26 bits per heavy atom. The number of ether oxygens (including phenoxy) is 1. The van der Waals surface area contributed by atoms with Crippen molar-refractivity contribution >= 4 is 33.2 Å². The molecule has 1 aromatic carbocycles. The van der Waals surface area contributed by atoms with E-state index in [-0.39, 0.29) is 11.3 Å². The van der Waals surface area contributed by atoms with E-state index in [1.54, 1.807) is 22.8 Å². The monoisotopic (exact) mass is 392 g/mol. The minimum Gasteiger partial charge on any atom is -0.405 e. The lowest BCUT2D eigenvalue weighted by atomic mass is 10.1. The van der Waals surface area contributed by atoms with Crippen molar-refractivity contribution in [2.75, 3.05) is 0 Å². The summed E-state index contributed by atoms with van der Waals surface area (Å²) in [5.74, 6) is 0.234. The van der Waals surface area contributed by atoms with Gasteiger partial charge >= 0.3 is 6.36 Å². The third-order valence-corrected chi connectivity index (χ3v) is 5.76. The molecule has 2 aromatic heterocycles. The number of thiophene rings is 1. The van der Waals surface area contributed by atoms with Crippen LogP contribution in [0.15, 0.2) is 29.1 Å². The summed E-state index contributed by atoms with van der Waals surface area (Å²) >= 11 is 1.45. The Balaban J connectivity index is 1.84. The van der Waals surface area contributed by atoms with Gasteiger partial charge in [-0.3, -0.25) is 9.36 Å². The maximum Gasteiger partial charge on any atom is 0.573 e. The van der Waals surface area contributed by atoms with Crippen LogP contribution in [0.4, 0.5) is 13.2 Å². The Bertz CT molecular complexity index is 1140. The summed E-state index contributed by atoms with van der Waals surface area (Å²) in [5, 5.41) is 0.628. The Hall–Kier alpha value is -2.61. The lowest BCUT2D eigenvalue weighted by Crippen LogP contribution is -2.20. The van der Waals surface area contributed by atoms with Gasteiger partial charge in [-0.05, 0) is 43.5 Å². The zero-order valence-electron chi connectivity index (χ0n) is 14.6. The van der Waals surface area contributed by atoms with Crippen molar-refractivity contribution < 1.29 is 17.9 Å². The zero-order valence-corrected chi connectivity index (χ0v) is 15.4. The van der Waals surface area contributed by atoms with Crippen LogP contribution >= 0.6 is 11.3 Å². The fourth-order valence-electron chi connectivity index (χ4n) is 3.27. The van der Waals surface area contributed by atoms with E-state index in [9.17, 15) is 18.0 Å². The first-order chi connectivity index (χ1) is 12.7. The van der Waals surface area contributed by atoms with E-state index in [1.165, 1.54) is 23.5 Å². The van der Waals surface area contributed by atoms with Gasteiger partial charge in [-0.15, -0.1) is 24.5 Å². The predicted octanol–water partition coefficient (Wildman–Crippen LogP) is 4.92. The number of halogens is 3. The highest BCUT2D eigenvalue weighted by Crippen LogP contribution is 2.34. The molecule has 0 saturated carbocycles. The molecule has 1 aliphatic heterocycles. The minimum atomic E-state index is -4.77. The Morgan fingerprint density at radius 2 is 2.00 bits per heavy atom. The van der Waals surface area contributed by atoms with Gasteiger partial charge in [0.2, 0.25) is 0 Å². The highest BCUT2D eigenvalue weighted by Gasteiger charge is 2.32. The second-order valence-electron chi connectivity index (χ2n) is 6.36. The van der Waals surface area contributed by atoms with Gasteiger partial charge in [0.25, 0.3) is 5.56 Å². The number of allylic oxidation sites excluding steroid dienone is 1. The standard InChI is InChI=1S/C19H15F3N2O2S/c1-10-11(2)27-17-15(10)18(25)24-8-7-13(16(24)23-17)9-12-5-3-4-6-14(12)26-19(20,21)22/h3-6,9H,7-8H2,1-2H3/b13-9-. The molecule has 4 rings (SSSR count). The predicted molar refractivity (Wildman–Crippen MR) is 99.0 cm³/mol. The molecule has 0 fully saturated rings. The van der Waals surface area contributed by atoms with Gasteiger partial charge in [-0.2, -0.15) is 0 Å². The van der Waals surface area contributed by atoms with Crippen LogP contribution in [-0.4, -0.2) is 15.9 Å². The molecule has 3 aromatic rings. The molecule has 1 aliphatic rings. The van der Waals surface area contributed by atoms with Crippen molar-refractivity contribution in [3.8, 4) is 5.75 Å². The quantitative estimate of drug-likeness (QED) is 0.622. The third-order valence-electron chi connectivity index (χ3n) is 4.66. The normalized spacial score (nSPS) is 15.5. The van der Waals surface area contributed by atoms with E-state index >= 15 is 0 Å². The maximum absolute atomic E-state index is 12.8. The lowest BCUT2D eigenvalue weighted by Gasteiger charge is -2.11. The van der Waals surface area contributed by atoms with Crippen LogP contribution in [0.5, 0.6) is 5.75 Å². The molecular weight excluding hydrogens is 377 g/mol. The van der Waals surface area contributed by atoms with Crippen molar-refractivity contribution in [2.24, 2.45) is 0 Å². The van der Waals surface area contributed by atoms with Crippen LogP contribution in [0, 0.1) is 13.8 Å². The highest BCUT2D eigenvalue weighted by molar-refractivity contribution is 7.18. The number of alkyl halides is 3. The second-order valence-corrected chi connectivity index (χ2v) is 7.56. The summed E-state index contributed by atoms with van der Waals surface area (Å²) in [4.78, 5) is 19.2. The molecule has 0 aliphatic carbocycles. The summed E-state index contributed by atoms with van der Waals surface area (Å²) in [6.07, 6.45) is -2.63. The Kier molecular flexibility index (Phi) is 4.10. The van der Waals surface area contributed by atoms with Crippen LogP contribution in [-0.2, 0) is 6.54 Å². The number of rotatable bonds is 2. The number of hydrogen-bond donors (Lipinski definition) is 0. The molecule has 0 spiro atoms. The number of aryl methyl sites for hydroxylation is 2. The summed E-state index contributed by atoms with van der Waals surface area (Å²) in [7, 11) is 0. The molecule has 4 nitrogen and oxygen atoms in total. The molecule has 0 amide bonds. The second kappa shape index (κ2) is 6.23. The maximum atomic E-state index is 12.8. The molecular formula is C19H15F3N2O2S. The molecule has 27 heavy (non-hydrogen) atoms. The first-order valence-corrected chi connectivity index (χ1v) is 9.12. The fraction of sp³-hybridized carbons (Fsp3) is 0.263. The number of fused-ring (bicyclic) bond motifs is 2. The van der Waals surface area contributed by atoms with Crippen molar-refractivity contribution in [2.45, 2.75) is 33.2 Å². The van der Waals surface area contributed by atoms with Crippen molar-refractivity contribution in [1.82, 2.24) is 9.55 Å². The van der Waals surface area contributed by atoms with Gasteiger partial charge in [-0.25, -0.2) is 4.98 Å². The molecule has 8 heteroatoms. The van der Waals surface area contributed by atoms with Gasteiger partial charge < -0.3 is 4.74 Å². The van der Waals surface area contributed by atoms with Crippen LogP contribution in [0.25, 0.3) is 21.9 Å². The van der Waals surface area contributed by atoms with E-state index in [0.717, 1.165) is 16.0 Å². The van der Waals surface area contributed by atoms with E-state index in [2.05, 4.69) is 9.72 Å². The summed E-state index contributed by atoms with van der Waals surface area (Å²) in [6, 6.07) is 5.94. The molecule has 0 unspecified atom stereocenters. The lowest BCUT2D eigenvalue weighted by molar-refractivity contribution is -0.274.